The third kappa shape index (κ3) is 5.38. The van der Waals surface area contributed by atoms with Crippen LogP contribution in [0.25, 0.3) is 0 Å². The molecular formula is C19H25N3O3. The molecule has 134 valence electrons. The Labute approximate surface area is 148 Å². The number of ether oxygens (including phenoxy) is 2. The number of carbonyl (C=O) groups excluding carboxylic acids is 1. The van der Waals surface area contributed by atoms with E-state index in [4.69, 9.17) is 9.47 Å². The van der Waals surface area contributed by atoms with Gasteiger partial charge in [-0.15, -0.1) is 0 Å². The molecule has 1 amide bonds. The quantitative estimate of drug-likeness (QED) is 0.769. The first kappa shape index (κ1) is 18.6. The topological polar surface area (TPSA) is 72.5 Å². The minimum absolute atomic E-state index is 0.0401. The zero-order chi connectivity index (χ0) is 18.2. The van der Waals surface area contributed by atoms with E-state index in [1.54, 1.807) is 26.5 Å². The summed E-state index contributed by atoms with van der Waals surface area (Å²) in [6.07, 6.45) is 2.55. The van der Waals surface area contributed by atoms with Crippen LogP contribution in [-0.4, -0.2) is 31.7 Å². The van der Waals surface area contributed by atoms with Crippen LogP contribution < -0.4 is 20.1 Å². The maximum atomic E-state index is 11.6. The van der Waals surface area contributed by atoms with Crippen LogP contribution in [0.2, 0.25) is 0 Å². The molecule has 1 aromatic heterocycles. The lowest BCUT2D eigenvalue weighted by Gasteiger charge is -2.11. The molecule has 0 aliphatic heterocycles. The van der Waals surface area contributed by atoms with E-state index in [1.165, 1.54) is 0 Å². The molecule has 0 atom stereocenters. The van der Waals surface area contributed by atoms with Crippen molar-refractivity contribution in [1.29, 1.82) is 0 Å². The van der Waals surface area contributed by atoms with Crippen LogP contribution in [-0.2, 0) is 11.2 Å². The lowest BCUT2D eigenvalue weighted by Crippen LogP contribution is -2.18. The normalized spacial score (nSPS) is 10.4. The first-order chi connectivity index (χ1) is 12.0. The fourth-order valence-electron chi connectivity index (χ4n) is 2.23. The molecule has 2 rings (SSSR count). The number of pyridine rings is 1. The van der Waals surface area contributed by atoms with Crippen LogP contribution in [0.3, 0.4) is 0 Å². The largest absolute Gasteiger partial charge is 0.493 e. The molecule has 6 nitrogen and oxygen atoms in total. The maximum absolute atomic E-state index is 11.6. The van der Waals surface area contributed by atoms with Crippen molar-refractivity contribution in [2.75, 3.05) is 31.4 Å². The predicted octanol–water partition coefficient (Wildman–Crippen LogP) is 3.35. The molecule has 2 aromatic rings. The number of amides is 1. The summed E-state index contributed by atoms with van der Waals surface area (Å²) in [6, 6.07) is 9.59. The van der Waals surface area contributed by atoms with E-state index in [2.05, 4.69) is 15.6 Å². The molecule has 0 aliphatic rings. The van der Waals surface area contributed by atoms with Crippen LogP contribution >= 0.6 is 0 Å². The summed E-state index contributed by atoms with van der Waals surface area (Å²) in [5.41, 5.74) is 2.06. The average Bonchev–Trinajstić information content (AvgIpc) is 2.62. The van der Waals surface area contributed by atoms with E-state index in [0.717, 1.165) is 35.7 Å². The van der Waals surface area contributed by atoms with E-state index in [1.807, 2.05) is 38.1 Å². The van der Waals surface area contributed by atoms with E-state index in [-0.39, 0.29) is 11.8 Å². The second-order valence-electron chi connectivity index (χ2n) is 5.94. The van der Waals surface area contributed by atoms with Gasteiger partial charge in [0.1, 0.15) is 5.82 Å². The fourth-order valence-corrected chi connectivity index (χ4v) is 2.23. The molecule has 25 heavy (non-hydrogen) atoms. The molecule has 2 N–H and O–H groups in total. The predicted molar refractivity (Wildman–Crippen MR) is 99.4 cm³/mol. The van der Waals surface area contributed by atoms with E-state index in [9.17, 15) is 4.79 Å². The van der Waals surface area contributed by atoms with Crippen LogP contribution in [0, 0.1) is 5.92 Å². The molecule has 0 radical (unpaired) electrons. The highest BCUT2D eigenvalue weighted by atomic mass is 16.5. The highest BCUT2D eigenvalue weighted by molar-refractivity contribution is 5.91. The van der Waals surface area contributed by atoms with Crippen molar-refractivity contribution >= 4 is 17.4 Å². The summed E-state index contributed by atoms with van der Waals surface area (Å²) in [4.78, 5) is 15.9. The van der Waals surface area contributed by atoms with Crippen molar-refractivity contribution in [2.24, 2.45) is 5.92 Å². The number of aromatic nitrogens is 1. The second-order valence-corrected chi connectivity index (χ2v) is 5.94. The number of hydrogen-bond acceptors (Lipinski definition) is 5. The monoisotopic (exact) mass is 343 g/mol. The van der Waals surface area contributed by atoms with Gasteiger partial charge in [0.05, 0.1) is 26.1 Å². The Morgan fingerprint density at radius 3 is 2.48 bits per heavy atom. The van der Waals surface area contributed by atoms with E-state index >= 15 is 0 Å². The summed E-state index contributed by atoms with van der Waals surface area (Å²) < 4.78 is 10.6. The Bertz CT molecular complexity index is 700. The minimum Gasteiger partial charge on any atom is -0.493 e. The molecule has 0 unspecified atom stereocenters. The summed E-state index contributed by atoms with van der Waals surface area (Å²) >= 11 is 0. The van der Waals surface area contributed by atoms with Crippen LogP contribution in [0.15, 0.2) is 36.5 Å². The first-order valence-electron chi connectivity index (χ1n) is 8.25. The van der Waals surface area contributed by atoms with Crippen LogP contribution in [0.1, 0.15) is 19.4 Å². The smallest absolute Gasteiger partial charge is 0.228 e. The van der Waals surface area contributed by atoms with Crippen molar-refractivity contribution in [3.63, 3.8) is 0 Å². The molecule has 1 heterocycles. The van der Waals surface area contributed by atoms with Gasteiger partial charge in [-0.3, -0.25) is 4.79 Å². The van der Waals surface area contributed by atoms with Crippen molar-refractivity contribution in [3.8, 4) is 11.5 Å². The van der Waals surface area contributed by atoms with Gasteiger partial charge in [0.15, 0.2) is 11.5 Å². The average molecular weight is 343 g/mol. The Morgan fingerprint density at radius 2 is 1.88 bits per heavy atom. The molecule has 6 heteroatoms. The number of anilines is 2. The van der Waals surface area contributed by atoms with Gasteiger partial charge >= 0.3 is 0 Å². The molecule has 0 saturated carbocycles. The lowest BCUT2D eigenvalue weighted by molar-refractivity contribution is -0.118. The Balaban J connectivity index is 1.86. The number of methoxy groups -OCH3 is 2. The Kier molecular flexibility index (Phi) is 6.62. The SMILES string of the molecule is COc1ccc(CCNc2ccc(NC(=O)C(C)C)nc2)cc1OC. The van der Waals surface area contributed by atoms with Gasteiger partial charge in [0.2, 0.25) is 5.91 Å². The van der Waals surface area contributed by atoms with Gasteiger partial charge in [-0.25, -0.2) is 4.98 Å². The molecule has 0 aliphatic carbocycles. The third-order valence-corrected chi connectivity index (χ3v) is 3.73. The second kappa shape index (κ2) is 8.92. The van der Waals surface area contributed by atoms with Crippen molar-refractivity contribution in [3.05, 3.63) is 42.1 Å². The van der Waals surface area contributed by atoms with Crippen LogP contribution in [0.4, 0.5) is 11.5 Å². The van der Waals surface area contributed by atoms with E-state index in [0.29, 0.717) is 5.82 Å². The molecule has 0 fully saturated rings. The van der Waals surface area contributed by atoms with Gasteiger partial charge < -0.3 is 20.1 Å². The molecule has 0 bridgehead atoms. The number of nitrogens with one attached hydrogen (secondary N) is 2. The number of nitrogens with zero attached hydrogens (tertiary/aromatic N) is 1. The number of carbonyl (C=O) groups is 1. The standard InChI is InChI=1S/C19H25N3O3/c1-13(2)19(23)22-18-8-6-15(12-21-18)20-10-9-14-5-7-16(24-3)17(11-14)25-4/h5-8,11-13,20H,9-10H2,1-4H3,(H,21,22,23). The van der Waals surface area contributed by atoms with Crippen molar-refractivity contribution < 1.29 is 14.3 Å². The van der Waals surface area contributed by atoms with E-state index < -0.39 is 0 Å². The van der Waals surface area contributed by atoms with Crippen molar-refractivity contribution in [2.45, 2.75) is 20.3 Å². The summed E-state index contributed by atoms with van der Waals surface area (Å²) in [5.74, 6) is 1.90. The highest BCUT2D eigenvalue weighted by Gasteiger charge is 2.08. The van der Waals surface area contributed by atoms with Gasteiger partial charge in [-0.05, 0) is 36.2 Å². The highest BCUT2D eigenvalue weighted by Crippen LogP contribution is 2.27. The van der Waals surface area contributed by atoms with Crippen LogP contribution in [0.5, 0.6) is 11.5 Å². The fraction of sp³-hybridized carbons (Fsp3) is 0.368. The first-order valence-corrected chi connectivity index (χ1v) is 8.25. The van der Waals surface area contributed by atoms with Gasteiger partial charge in [0.25, 0.3) is 0 Å². The Hall–Kier alpha value is -2.76. The number of hydrogen-bond donors (Lipinski definition) is 2. The van der Waals surface area contributed by atoms with Gasteiger partial charge in [-0.2, -0.15) is 0 Å². The molecule has 0 saturated heterocycles. The maximum Gasteiger partial charge on any atom is 0.228 e. The number of rotatable bonds is 8. The zero-order valence-corrected chi connectivity index (χ0v) is 15.1. The van der Waals surface area contributed by atoms with Crippen molar-refractivity contribution in [1.82, 2.24) is 4.98 Å². The van der Waals surface area contributed by atoms with Gasteiger partial charge in [0, 0.05) is 12.5 Å². The molecule has 0 spiro atoms. The zero-order valence-electron chi connectivity index (χ0n) is 15.1. The lowest BCUT2D eigenvalue weighted by atomic mass is 10.1. The summed E-state index contributed by atoms with van der Waals surface area (Å²) in [6.45, 7) is 4.45. The molecular weight excluding hydrogens is 318 g/mol. The summed E-state index contributed by atoms with van der Waals surface area (Å²) in [5, 5.41) is 6.09. The minimum atomic E-state index is -0.0684. The van der Waals surface area contributed by atoms with Gasteiger partial charge in [-0.1, -0.05) is 19.9 Å². The Morgan fingerprint density at radius 1 is 1.12 bits per heavy atom. The summed E-state index contributed by atoms with van der Waals surface area (Å²) in [7, 11) is 3.25. The molecule has 1 aromatic carbocycles. The number of benzene rings is 1. The third-order valence-electron chi connectivity index (χ3n) is 3.73.